The Kier molecular flexibility index (Phi) is 6.97. The van der Waals surface area contributed by atoms with Gasteiger partial charge in [-0.3, -0.25) is 15.0 Å². The molecule has 0 saturated heterocycles. The van der Waals surface area contributed by atoms with Crippen LogP contribution in [0, 0.1) is 10.1 Å². The zero-order chi connectivity index (χ0) is 15.8. The van der Waals surface area contributed by atoms with Gasteiger partial charge in [0.15, 0.2) is 0 Å². The van der Waals surface area contributed by atoms with Crippen molar-refractivity contribution in [1.82, 2.24) is 4.90 Å². The maximum absolute atomic E-state index is 12.5. The van der Waals surface area contributed by atoms with Gasteiger partial charge in [0.1, 0.15) is 5.69 Å². The lowest BCUT2D eigenvalue weighted by Crippen LogP contribution is -2.31. The number of benzene rings is 1. The van der Waals surface area contributed by atoms with E-state index in [9.17, 15) is 18.9 Å². The average molecular weight is 303 g/mol. The van der Waals surface area contributed by atoms with Crippen LogP contribution < -0.4 is 5.32 Å². The minimum Gasteiger partial charge on any atom is -0.395 e. The number of halogens is 2. The predicted octanol–water partition coefficient (Wildman–Crippen LogP) is 2.09. The Balaban J connectivity index is 2.91. The van der Waals surface area contributed by atoms with E-state index in [1.165, 1.54) is 17.0 Å². The second-order valence-electron chi connectivity index (χ2n) is 4.49. The molecule has 0 aliphatic carbocycles. The summed E-state index contributed by atoms with van der Waals surface area (Å²) in [6, 6.07) is 4.47. The first-order valence-electron chi connectivity index (χ1n) is 6.60. The van der Waals surface area contributed by atoms with Crippen LogP contribution in [-0.4, -0.2) is 47.6 Å². The fourth-order valence-electron chi connectivity index (χ4n) is 2.00. The van der Waals surface area contributed by atoms with Crippen LogP contribution in [-0.2, 0) is 6.54 Å². The van der Waals surface area contributed by atoms with Gasteiger partial charge >= 0.3 is 0 Å². The molecule has 0 saturated carbocycles. The lowest BCUT2D eigenvalue weighted by molar-refractivity contribution is -0.384. The van der Waals surface area contributed by atoms with Gasteiger partial charge in [0.25, 0.3) is 12.1 Å². The molecule has 1 rings (SSSR count). The molecule has 0 aliphatic rings. The lowest BCUT2D eigenvalue weighted by Gasteiger charge is -2.21. The van der Waals surface area contributed by atoms with Crippen molar-refractivity contribution >= 4 is 11.4 Å². The second kappa shape index (κ2) is 8.48. The summed E-state index contributed by atoms with van der Waals surface area (Å²) >= 11 is 0. The van der Waals surface area contributed by atoms with Gasteiger partial charge in [0.05, 0.1) is 18.1 Å². The Hall–Kier alpha value is -1.80. The van der Waals surface area contributed by atoms with E-state index < -0.39 is 17.9 Å². The van der Waals surface area contributed by atoms with Crippen LogP contribution in [0.25, 0.3) is 0 Å². The van der Waals surface area contributed by atoms with E-state index in [1.54, 1.807) is 6.07 Å². The number of rotatable bonds is 9. The number of aliphatic hydroxyl groups excluding tert-OH is 1. The van der Waals surface area contributed by atoms with E-state index in [0.717, 1.165) is 0 Å². The quantitative estimate of drug-likeness (QED) is 0.539. The highest BCUT2D eigenvalue weighted by atomic mass is 19.3. The van der Waals surface area contributed by atoms with Gasteiger partial charge < -0.3 is 10.4 Å². The first-order valence-corrected chi connectivity index (χ1v) is 6.60. The van der Waals surface area contributed by atoms with Crippen LogP contribution in [0.15, 0.2) is 18.2 Å². The normalized spacial score (nSPS) is 11.1. The number of nitro groups is 1. The molecule has 0 atom stereocenters. The average Bonchev–Trinajstić information content (AvgIpc) is 2.38. The molecule has 8 heteroatoms. The molecule has 2 N–H and O–H groups in total. The third-order valence-electron chi connectivity index (χ3n) is 2.84. The van der Waals surface area contributed by atoms with Crippen LogP contribution >= 0.6 is 0 Å². The van der Waals surface area contributed by atoms with Gasteiger partial charge in [0, 0.05) is 25.7 Å². The SMILES string of the molecule is CCNc1cc(CN(CCO)CC(F)F)ccc1[N+](=O)[O-]. The van der Waals surface area contributed by atoms with Crippen molar-refractivity contribution in [1.29, 1.82) is 0 Å². The Morgan fingerprint density at radius 1 is 1.48 bits per heavy atom. The fraction of sp³-hybridized carbons (Fsp3) is 0.538. The third kappa shape index (κ3) is 5.60. The van der Waals surface area contributed by atoms with Crippen LogP contribution in [0.1, 0.15) is 12.5 Å². The molecule has 0 bridgehead atoms. The van der Waals surface area contributed by atoms with Crippen molar-refractivity contribution in [3.8, 4) is 0 Å². The summed E-state index contributed by atoms with van der Waals surface area (Å²) < 4.78 is 24.9. The topological polar surface area (TPSA) is 78.6 Å². The summed E-state index contributed by atoms with van der Waals surface area (Å²) in [5.74, 6) is 0. The molecule has 0 aliphatic heterocycles. The van der Waals surface area contributed by atoms with Gasteiger partial charge in [-0.2, -0.15) is 0 Å². The fourth-order valence-corrected chi connectivity index (χ4v) is 2.00. The molecule has 6 nitrogen and oxygen atoms in total. The molecular formula is C13H19F2N3O3. The number of hydrogen-bond donors (Lipinski definition) is 2. The Morgan fingerprint density at radius 2 is 2.19 bits per heavy atom. The van der Waals surface area contributed by atoms with Crippen LogP contribution in [0.3, 0.4) is 0 Å². The molecular weight excluding hydrogens is 284 g/mol. The summed E-state index contributed by atoms with van der Waals surface area (Å²) in [6.07, 6.45) is -2.50. The van der Waals surface area contributed by atoms with Crippen molar-refractivity contribution in [3.63, 3.8) is 0 Å². The Labute approximate surface area is 121 Å². The second-order valence-corrected chi connectivity index (χ2v) is 4.49. The number of hydrogen-bond acceptors (Lipinski definition) is 5. The number of anilines is 1. The summed E-state index contributed by atoms with van der Waals surface area (Å²) in [5.41, 5.74) is 0.981. The Bertz CT molecular complexity index is 472. The van der Waals surface area contributed by atoms with Gasteiger partial charge in [-0.1, -0.05) is 6.07 Å². The largest absolute Gasteiger partial charge is 0.395 e. The molecule has 0 unspecified atom stereocenters. The smallest absolute Gasteiger partial charge is 0.292 e. The van der Waals surface area contributed by atoms with Crippen LogP contribution in [0.2, 0.25) is 0 Å². The van der Waals surface area contributed by atoms with E-state index in [0.29, 0.717) is 17.8 Å². The van der Waals surface area contributed by atoms with Crippen LogP contribution in [0.4, 0.5) is 20.2 Å². The van der Waals surface area contributed by atoms with Crippen molar-refractivity contribution in [2.45, 2.75) is 19.9 Å². The van der Waals surface area contributed by atoms with Crippen molar-refractivity contribution in [3.05, 3.63) is 33.9 Å². The molecule has 1 aromatic rings. The first-order chi connectivity index (χ1) is 9.97. The molecule has 118 valence electrons. The maximum Gasteiger partial charge on any atom is 0.292 e. The monoisotopic (exact) mass is 303 g/mol. The molecule has 0 fully saturated rings. The molecule has 0 radical (unpaired) electrons. The predicted molar refractivity (Wildman–Crippen MR) is 75.6 cm³/mol. The molecule has 0 aromatic heterocycles. The van der Waals surface area contributed by atoms with Gasteiger partial charge in [-0.15, -0.1) is 0 Å². The zero-order valence-electron chi connectivity index (χ0n) is 11.8. The first kappa shape index (κ1) is 17.3. The van der Waals surface area contributed by atoms with Gasteiger partial charge in [-0.05, 0) is 18.6 Å². The molecule has 0 amide bonds. The van der Waals surface area contributed by atoms with Crippen molar-refractivity contribution in [2.75, 3.05) is 31.6 Å². The molecule has 21 heavy (non-hydrogen) atoms. The van der Waals surface area contributed by atoms with E-state index >= 15 is 0 Å². The molecule has 0 heterocycles. The number of nitrogens with zero attached hydrogens (tertiary/aromatic N) is 2. The van der Waals surface area contributed by atoms with Gasteiger partial charge in [-0.25, -0.2) is 8.78 Å². The Morgan fingerprint density at radius 3 is 2.71 bits per heavy atom. The van der Waals surface area contributed by atoms with Gasteiger partial charge in [0.2, 0.25) is 0 Å². The van der Waals surface area contributed by atoms with E-state index in [4.69, 9.17) is 5.11 Å². The molecule has 0 spiro atoms. The van der Waals surface area contributed by atoms with Crippen molar-refractivity contribution in [2.24, 2.45) is 0 Å². The van der Waals surface area contributed by atoms with E-state index in [1.807, 2.05) is 6.92 Å². The molecule has 1 aromatic carbocycles. The van der Waals surface area contributed by atoms with E-state index in [-0.39, 0.29) is 25.4 Å². The summed E-state index contributed by atoms with van der Waals surface area (Å²) in [7, 11) is 0. The number of nitro benzene ring substituents is 1. The minimum atomic E-state index is -2.50. The summed E-state index contributed by atoms with van der Waals surface area (Å²) in [4.78, 5) is 11.8. The standard InChI is InChI=1S/C13H19F2N3O3/c1-2-16-11-7-10(3-4-12(11)18(20)21)8-17(5-6-19)9-13(14)15/h3-4,7,13,16,19H,2,5-6,8-9H2,1H3. The third-order valence-corrected chi connectivity index (χ3v) is 2.84. The van der Waals surface area contributed by atoms with E-state index in [2.05, 4.69) is 5.32 Å². The highest BCUT2D eigenvalue weighted by molar-refractivity contribution is 5.62. The number of alkyl halides is 2. The summed E-state index contributed by atoms with van der Waals surface area (Å²) in [6.45, 7) is 1.97. The minimum absolute atomic E-state index is 0.0526. The van der Waals surface area contributed by atoms with Crippen molar-refractivity contribution < 1.29 is 18.8 Å². The highest BCUT2D eigenvalue weighted by Crippen LogP contribution is 2.26. The zero-order valence-corrected chi connectivity index (χ0v) is 11.8. The van der Waals surface area contributed by atoms with Crippen LogP contribution in [0.5, 0.6) is 0 Å². The highest BCUT2D eigenvalue weighted by Gasteiger charge is 2.16. The number of aliphatic hydroxyl groups is 1. The number of nitrogens with one attached hydrogen (secondary N) is 1. The summed E-state index contributed by atoms with van der Waals surface area (Å²) in [5, 5.41) is 22.7. The lowest BCUT2D eigenvalue weighted by atomic mass is 10.1. The maximum atomic E-state index is 12.5.